The van der Waals surface area contributed by atoms with Crippen LogP contribution in [0, 0.1) is 0 Å². The molecule has 0 aliphatic carbocycles. The lowest BCUT2D eigenvalue weighted by Gasteiger charge is -2.19. The van der Waals surface area contributed by atoms with Gasteiger partial charge in [0.25, 0.3) is 0 Å². The van der Waals surface area contributed by atoms with Crippen molar-refractivity contribution < 1.29 is 10.2 Å². The van der Waals surface area contributed by atoms with E-state index in [0.29, 0.717) is 13.1 Å². The lowest BCUT2D eigenvalue weighted by molar-refractivity contribution is 0.159. The number of nitrogens with zero attached hydrogens (tertiary/aromatic N) is 1. The quantitative estimate of drug-likeness (QED) is 0.0837. The van der Waals surface area contributed by atoms with Gasteiger partial charge in [-0.1, -0.05) is 180 Å². The highest BCUT2D eigenvalue weighted by Gasteiger charge is 2.02. The summed E-state index contributed by atoms with van der Waals surface area (Å²) < 4.78 is 0. The van der Waals surface area contributed by atoms with Gasteiger partial charge in [-0.3, -0.25) is 4.90 Å². The van der Waals surface area contributed by atoms with Crippen molar-refractivity contribution in [1.82, 2.24) is 4.90 Å². The monoisotopic (exact) mass is 526 g/mol. The predicted molar refractivity (Wildman–Crippen MR) is 166 cm³/mol. The summed E-state index contributed by atoms with van der Waals surface area (Å²) in [5, 5.41) is 18.1. The first-order valence-corrected chi connectivity index (χ1v) is 17.3. The van der Waals surface area contributed by atoms with E-state index in [1.165, 1.54) is 180 Å². The second kappa shape index (κ2) is 33.9. The summed E-state index contributed by atoms with van der Waals surface area (Å²) in [4.78, 5) is 2.17. The van der Waals surface area contributed by atoms with E-state index in [4.69, 9.17) is 10.2 Å². The van der Waals surface area contributed by atoms with Crippen LogP contribution in [-0.2, 0) is 0 Å². The highest BCUT2D eigenvalue weighted by Crippen LogP contribution is 2.16. The smallest absolute Gasteiger partial charge is 0.0558 e. The zero-order valence-corrected chi connectivity index (χ0v) is 25.7. The number of rotatable bonds is 33. The van der Waals surface area contributed by atoms with E-state index in [1.54, 1.807) is 0 Å². The number of unbranched alkanes of at least 4 members (excludes halogenated alkanes) is 27. The van der Waals surface area contributed by atoms with Crippen molar-refractivity contribution in [1.29, 1.82) is 0 Å². The van der Waals surface area contributed by atoms with Crippen molar-refractivity contribution in [2.24, 2.45) is 0 Å². The van der Waals surface area contributed by atoms with Crippen molar-refractivity contribution in [3.05, 3.63) is 0 Å². The summed E-state index contributed by atoms with van der Waals surface area (Å²) in [6.45, 7) is 5.09. The lowest BCUT2D eigenvalue weighted by atomic mass is 10.0. The summed E-state index contributed by atoms with van der Waals surface area (Å²) in [6, 6.07) is 0. The predicted octanol–water partition coefficient (Wildman–Crippen LogP) is 10.2. The minimum absolute atomic E-state index is 0.194. The van der Waals surface area contributed by atoms with E-state index in [9.17, 15) is 0 Å². The molecule has 0 aliphatic heterocycles. The van der Waals surface area contributed by atoms with Gasteiger partial charge in [0.1, 0.15) is 0 Å². The zero-order chi connectivity index (χ0) is 26.9. The maximum absolute atomic E-state index is 9.05. The van der Waals surface area contributed by atoms with Gasteiger partial charge in [-0.05, 0) is 13.0 Å². The van der Waals surface area contributed by atoms with Crippen LogP contribution in [0.25, 0.3) is 0 Å². The third-order valence-electron chi connectivity index (χ3n) is 8.16. The van der Waals surface area contributed by atoms with E-state index < -0.39 is 0 Å². The fourth-order valence-electron chi connectivity index (χ4n) is 5.62. The van der Waals surface area contributed by atoms with Crippen molar-refractivity contribution in [3.63, 3.8) is 0 Å². The normalized spacial score (nSPS) is 11.7. The molecular formula is C34H71NO2. The maximum atomic E-state index is 9.05. The van der Waals surface area contributed by atoms with Crippen molar-refractivity contribution in [2.75, 3.05) is 32.8 Å². The van der Waals surface area contributed by atoms with Crippen LogP contribution in [0.3, 0.4) is 0 Å². The topological polar surface area (TPSA) is 43.7 Å². The standard InChI is InChI=1S/C34H71NO2/c1-2-3-4-5-6-7-8-9-10-11-12-13-14-15-16-17-18-19-20-21-22-23-24-25-26-27-28-29-30-35(31-33-36)32-34-37/h36-37H,2-34H2,1H3. The fourth-order valence-corrected chi connectivity index (χ4v) is 5.62. The Morgan fingerprint density at radius 2 is 0.514 bits per heavy atom. The van der Waals surface area contributed by atoms with Crippen LogP contribution in [0.2, 0.25) is 0 Å². The van der Waals surface area contributed by atoms with Crippen molar-refractivity contribution in [3.8, 4) is 0 Å². The zero-order valence-electron chi connectivity index (χ0n) is 25.7. The van der Waals surface area contributed by atoms with Crippen LogP contribution < -0.4 is 0 Å². The lowest BCUT2D eigenvalue weighted by Crippen LogP contribution is -2.30. The molecule has 0 spiro atoms. The molecule has 224 valence electrons. The molecule has 37 heavy (non-hydrogen) atoms. The molecule has 0 unspecified atom stereocenters. The number of hydrogen-bond donors (Lipinski definition) is 2. The highest BCUT2D eigenvalue weighted by atomic mass is 16.3. The van der Waals surface area contributed by atoms with Gasteiger partial charge in [0.2, 0.25) is 0 Å². The summed E-state index contributed by atoms with van der Waals surface area (Å²) in [5.41, 5.74) is 0. The van der Waals surface area contributed by atoms with Gasteiger partial charge in [-0.15, -0.1) is 0 Å². The number of hydrogen-bond acceptors (Lipinski definition) is 3. The van der Waals surface area contributed by atoms with Crippen LogP contribution in [-0.4, -0.2) is 48.0 Å². The van der Waals surface area contributed by atoms with Crippen LogP contribution in [0.4, 0.5) is 0 Å². The van der Waals surface area contributed by atoms with E-state index in [2.05, 4.69) is 11.8 Å². The SMILES string of the molecule is CCCCCCCCCCCCCCCCCCCCCCCCCCCCCCN(CCO)CCO. The third-order valence-corrected chi connectivity index (χ3v) is 8.16. The Balaban J connectivity index is 3.10. The molecule has 0 aliphatic rings. The molecule has 0 saturated carbocycles. The maximum Gasteiger partial charge on any atom is 0.0558 e. The fraction of sp³-hybridized carbons (Fsp3) is 1.00. The third kappa shape index (κ3) is 32.0. The summed E-state index contributed by atoms with van der Waals surface area (Å²) in [6.07, 6.45) is 40.2. The van der Waals surface area contributed by atoms with Crippen LogP contribution in [0.15, 0.2) is 0 Å². The summed E-state index contributed by atoms with van der Waals surface area (Å²) in [7, 11) is 0. The number of aliphatic hydroxyl groups is 2. The molecule has 2 N–H and O–H groups in total. The number of aliphatic hydroxyl groups excluding tert-OH is 2. The first-order valence-electron chi connectivity index (χ1n) is 17.3. The van der Waals surface area contributed by atoms with Gasteiger partial charge in [0.05, 0.1) is 13.2 Å². The molecule has 0 fully saturated rings. The molecule has 3 heteroatoms. The summed E-state index contributed by atoms with van der Waals surface area (Å²) in [5.74, 6) is 0. The van der Waals surface area contributed by atoms with Gasteiger partial charge in [0, 0.05) is 13.1 Å². The van der Waals surface area contributed by atoms with Gasteiger partial charge in [0.15, 0.2) is 0 Å². The first-order chi connectivity index (χ1) is 18.3. The molecule has 0 aromatic carbocycles. The Labute approximate surface area is 234 Å². The van der Waals surface area contributed by atoms with Crippen LogP contribution >= 0.6 is 0 Å². The molecule has 0 atom stereocenters. The average Bonchev–Trinajstić information content (AvgIpc) is 2.90. The van der Waals surface area contributed by atoms with Crippen molar-refractivity contribution in [2.45, 2.75) is 187 Å². The van der Waals surface area contributed by atoms with Crippen LogP contribution in [0.1, 0.15) is 187 Å². The highest BCUT2D eigenvalue weighted by molar-refractivity contribution is 4.57. The molecule has 0 aromatic rings. The van der Waals surface area contributed by atoms with E-state index in [0.717, 1.165) is 6.54 Å². The minimum Gasteiger partial charge on any atom is -0.395 e. The van der Waals surface area contributed by atoms with Gasteiger partial charge in [-0.2, -0.15) is 0 Å². The van der Waals surface area contributed by atoms with Gasteiger partial charge >= 0.3 is 0 Å². The Morgan fingerprint density at radius 3 is 0.730 bits per heavy atom. The van der Waals surface area contributed by atoms with E-state index >= 15 is 0 Å². The van der Waals surface area contributed by atoms with Gasteiger partial charge in [-0.25, -0.2) is 0 Å². The molecule has 0 heterocycles. The second-order valence-corrected chi connectivity index (χ2v) is 11.8. The molecule has 0 aromatic heterocycles. The molecule has 3 nitrogen and oxygen atoms in total. The largest absolute Gasteiger partial charge is 0.395 e. The molecule has 0 radical (unpaired) electrons. The molecule has 0 rings (SSSR count). The van der Waals surface area contributed by atoms with E-state index in [-0.39, 0.29) is 13.2 Å². The Kier molecular flexibility index (Phi) is 33.8. The van der Waals surface area contributed by atoms with Crippen molar-refractivity contribution >= 4 is 0 Å². The molecule has 0 saturated heterocycles. The van der Waals surface area contributed by atoms with E-state index in [1.807, 2.05) is 0 Å². The first kappa shape index (κ1) is 36.9. The Bertz CT molecular complexity index is 384. The second-order valence-electron chi connectivity index (χ2n) is 11.8. The summed E-state index contributed by atoms with van der Waals surface area (Å²) >= 11 is 0. The molecule has 0 bridgehead atoms. The molecular weight excluding hydrogens is 454 g/mol. The minimum atomic E-state index is 0.194. The Morgan fingerprint density at radius 1 is 0.297 bits per heavy atom. The average molecular weight is 526 g/mol. The molecule has 0 amide bonds. The Hall–Kier alpha value is -0.120. The van der Waals surface area contributed by atoms with Crippen LogP contribution in [0.5, 0.6) is 0 Å². The van der Waals surface area contributed by atoms with Gasteiger partial charge < -0.3 is 10.2 Å².